The summed E-state index contributed by atoms with van der Waals surface area (Å²) in [4.78, 5) is 4.72. The third-order valence-corrected chi connectivity index (χ3v) is 7.14. The predicted octanol–water partition coefficient (Wildman–Crippen LogP) is 0.770. The van der Waals surface area contributed by atoms with Gasteiger partial charge in [0, 0.05) is 63.6 Å². The van der Waals surface area contributed by atoms with Crippen LogP contribution in [0.25, 0.3) is 0 Å². The third kappa shape index (κ3) is 5.76. The van der Waals surface area contributed by atoms with Crippen LogP contribution in [-0.2, 0) is 27.8 Å². The Morgan fingerprint density at radius 1 is 1.25 bits per heavy atom. The predicted molar refractivity (Wildman–Crippen MR) is 110 cm³/mol. The van der Waals surface area contributed by atoms with Gasteiger partial charge in [-0.05, 0) is 33.2 Å². The topological polar surface area (TPSA) is 70.9 Å². The number of aromatic nitrogens is 2. The van der Waals surface area contributed by atoms with Crippen molar-refractivity contribution in [1.82, 2.24) is 23.9 Å². The number of aryl methyl sites for hydroxylation is 2. The largest absolute Gasteiger partial charge is 0.379 e. The van der Waals surface area contributed by atoms with Crippen molar-refractivity contribution in [3.63, 3.8) is 0 Å². The summed E-state index contributed by atoms with van der Waals surface area (Å²) >= 11 is 0. The van der Waals surface area contributed by atoms with E-state index in [1.807, 2.05) is 11.6 Å². The van der Waals surface area contributed by atoms with Crippen molar-refractivity contribution >= 4 is 10.0 Å². The van der Waals surface area contributed by atoms with Crippen LogP contribution in [0.1, 0.15) is 31.0 Å². The van der Waals surface area contributed by atoms with Gasteiger partial charge in [-0.15, -0.1) is 0 Å². The van der Waals surface area contributed by atoms with E-state index in [2.05, 4.69) is 28.0 Å². The quantitative estimate of drug-likeness (QED) is 0.596. The number of hydrogen-bond donors (Lipinski definition) is 0. The van der Waals surface area contributed by atoms with Crippen LogP contribution in [-0.4, -0.2) is 97.1 Å². The molecule has 0 spiro atoms. The molecule has 1 aromatic rings. The van der Waals surface area contributed by atoms with Gasteiger partial charge in [0.05, 0.1) is 25.2 Å². The molecular formula is C19H35N5O3S. The molecule has 0 N–H and O–H groups in total. The highest BCUT2D eigenvalue weighted by Crippen LogP contribution is 2.21. The van der Waals surface area contributed by atoms with E-state index >= 15 is 0 Å². The number of rotatable bonds is 9. The number of likely N-dealkylation sites (tertiary alicyclic amines) is 1. The molecule has 2 fully saturated rings. The highest BCUT2D eigenvalue weighted by molar-refractivity contribution is 7.88. The molecule has 0 aliphatic carbocycles. The summed E-state index contributed by atoms with van der Waals surface area (Å²) in [6, 6.07) is 0.0706. The van der Waals surface area contributed by atoms with Gasteiger partial charge in [0.2, 0.25) is 10.0 Å². The van der Waals surface area contributed by atoms with E-state index in [1.54, 1.807) is 4.31 Å². The van der Waals surface area contributed by atoms with Crippen molar-refractivity contribution < 1.29 is 13.2 Å². The number of morpholine rings is 1. The van der Waals surface area contributed by atoms with Crippen molar-refractivity contribution in [3.05, 3.63) is 17.5 Å². The normalized spacial score (nSPS) is 22.4. The Labute approximate surface area is 169 Å². The summed E-state index contributed by atoms with van der Waals surface area (Å²) in [7, 11) is -3.21. The third-order valence-electron chi connectivity index (χ3n) is 5.80. The SMILES string of the molecule is CCn1cc(CN2CCC(N(CCCN3CCOCC3)S(C)(=O)=O)C2)c(C)n1. The minimum absolute atomic E-state index is 0.0706. The zero-order chi connectivity index (χ0) is 20.1. The smallest absolute Gasteiger partial charge is 0.211 e. The van der Waals surface area contributed by atoms with Crippen molar-refractivity contribution in [2.45, 2.75) is 45.8 Å². The van der Waals surface area contributed by atoms with Crippen LogP contribution in [0, 0.1) is 6.92 Å². The molecule has 1 atom stereocenters. The first-order chi connectivity index (χ1) is 13.4. The highest BCUT2D eigenvalue weighted by atomic mass is 32.2. The van der Waals surface area contributed by atoms with Crippen molar-refractivity contribution in [3.8, 4) is 0 Å². The highest BCUT2D eigenvalue weighted by Gasteiger charge is 2.32. The Kier molecular flexibility index (Phi) is 7.49. The van der Waals surface area contributed by atoms with E-state index in [9.17, 15) is 8.42 Å². The lowest BCUT2D eigenvalue weighted by molar-refractivity contribution is 0.0366. The number of ether oxygens (including phenoxy) is 1. The molecule has 0 bridgehead atoms. The van der Waals surface area contributed by atoms with Crippen LogP contribution >= 0.6 is 0 Å². The van der Waals surface area contributed by atoms with E-state index < -0.39 is 10.0 Å². The number of hydrogen-bond acceptors (Lipinski definition) is 6. The molecule has 0 aromatic carbocycles. The summed E-state index contributed by atoms with van der Waals surface area (Å²) in [5, 5.41) is 4.52. The van der Waals surface area contributed by atoms with E-state index in [0.717, 1.165) is 77.6 Å². The standard InChI is InChI=1S/C19H35N5O3S/c1-4-23-15-18(17(2)20-23)14-22-9-6-19(16-22)24(28(3,25)26)8-5-7-21-10-12-27-13-11-21/h15,19H,4-14,16H2,1-3H3. The molecule has 2 aliphatic heterocycles. The molecule has 0 amide bonds. The summed E-state index contributed by atoms with van der Waals surface area (Å²) in [6.45, 7) is 12.5. The number of nitrogens with zero attached hydrogens (tertiary/aromatic N) is 5. The summed E-state index contributed by atoms with van der Waals surface area (Å²) in [6.07, 6.45) is 5.22. The maximum absolute atomic E-state index is 12.4. The van der Waals surface area contributed by atoms with Gasteiger partial charge in [0.1, 0.15) is 0 Å². The molecule has 1 aromatic heterocycles. The molecule has 0 radical (unpaired) electrons. The summed E-state index contributed by atoms with van der Waals surface area (Å²) in [5.74, 6) is 0. The maximum Gasteiger partial charge on any atom is 0.211 e. The molecule has 2 saturated heterocycles. The Hall–Kier alpha value is -1.00. The lowest BCUT2D eigenvalue weighted by atomic mass is 10.2. The molecule has 1 unspecified atom stereocenters. The van der Waals surface area contributed by atoms with Crippen LogP contribution in [0.4, 0.5) is 0 Å². The summed E-state index contributed by atoms with van der Waals surface area (Å²) < 4.78 is 33.9. The fourth-order valence-corrected chi connectivity index (χ4v) is 5.38. The van der Waals surface area contributed by atoms with Gasteiger partial charge in [-0.25, -0.2) is 8.42 Å². The van der Waals surface area contributed by atoms with Crippen LogP contribution in [0.5, 0.6) is 0 Å². The first-order valence-electron chi connectivity index (χ1n) is 10.4. The Morgan fingerprint density at radius 3 is 2.64 bits per heavy atom. The zero-order valence-electron chi connectivity index (χ0n) is 17.5. The van der Waals surface area contributed by atoms with Gasteiger partial charge in [-0.3, -0.25) is 14.5 Å². The molecule has 3 heterocycles. The first kappa shape index (κ1) is 21.7. The molecule has 9 heteroatoms. The van der Waals surface area contributed by atoms with Gasteiger partial charge >= 0.3 is 0 Å². The minimum atomic E-state index is -3.21. The second-order valence-electron chi connectivity index (χ2n) is 7.95. The molecule has 2 aliphatic rings. The maximum atomic E-state index is 12.4. The molecular weight excluding hydrogens is 378 g/mol. The molecule has 28 heavy (non-hydrogen) atoms. The van der Waals surface area contributed by atoms with Crippen LogP contribution in [0.15, 0.2) is 6.20 Å². The Balaban J connectivity index is 1.53. The van der Waals surface area contributed by atoms with Gasteiger partial charge in [0.25, 0.3) is 0 Å². The monoisotopic (exact) mass is 413 g/mol. The van der Waals surface area contributed by atoms with Crippen molar-refractivity contribution in [2.24, 2.45) is 0 Å². The molecule has 160 valence electrons. The lowest BCUT2D eigenvalue weighted by Gasteiger charge is -2.30. The van der Waals surface area contributed by atoms with E-state index in [0.29, 0.717) is 6.54 Å². The number of sulfonamides is 1. The van der Waals surface area contributed by atoms with Crippen LogP contribution < -0.4 is 0 Å². The average Bonchev–Trinajstić information content (AvgIpc) is 3.25. The lowest BCUT2D eigenvalue weighted by Crippen LogP contribution is -2.43. The fraction of sp³-hybridized carbons (Fsp3) is 0.842. The first-order valence-corrected chi connectivity index (χ1v) is 12.2. The molecule has 0 saturated carbocycles. The average molecular weight is 414 g/mol. The zero-order valence-corrected chi connectivity index (χ0v) is 18.3. The van der Waals surface area contributed by atoms with Crippen LogP contribution in [0.3, 0.4) is 0 Å². The minimum Gasteiger partial charge on any atom is -0.379 e. The second kappa shape index (κ2) is 9.67. The van der Waals surface area contributed by atoms with E-state index in [4.69, 9.17) is 4.74 Å². The molecule has 8 nitrogen and oxygen atoms in total. The van der Waals surface area contributed by atoms with Crippen molar-refractivity contribution in [2.75, 3.05) is 58.7 Å². The van der Waals surface area contributed by atoms with Gasteiger partial charge in [-0.1, -0.05) is 0 Å². The Morgan fingerprint density at radius 2 is 2.00 bits per heavy atom. The summed E-state index contributed by atoms with van der Waals surface area (Å²) in [5.41, 5.74) is 2.30. The Bertz CT molecular complexity index is 730. The van der Waals surface area contributed by atoms with Gasteiger partial charge in [-0.2, -0.15) is 9.40 Å². The second-order valence-corrected chi connectivity index (χ2v) is 9.89. The van der Waals surface area contributed by atoms with Crippen LogP contribution in [0.2, 0.25) is 0 Å². The van der Waals surface area contributed by atoms with E-state index in [1.165, 1.54) is 11.8 Å². The van der Waals surface area contributed by atoms with Gasteiger partial charge < -0.3 is 4.74 Å². The molecule has 3 rings (SSSR count). The fourth-order valence-electron chi connectivity index (χ4n) is 4.20. The van der Waals surface area contributed by atoms with Crippen molar-refractivity contribution in [1.29, 1.82) is 0 Å². The van der Waals surface area contributed by atoms with E-state index in [-0.39, 0.29) is 6.04 Å². The van der Waals surface area contributed by atoms with Gasteiger partial charge in [0.15, 0.2) is 0 Å².